The molecule has 0 amide bonds. The fourth-order valence-electron chi connectivity index (χ4n) is 2.58. The molecule has 0 aliphatic carbocycles. The summed E-state index contributed by atoms with van der Waals surface area (Å²) in [5.41, 5.74) is -3.31. The summed E-state index contributed by atoms with van der Waals surface area (Å²) in [4.78, 5) is 11.6. The Labute approximate surface area is 162 Å². The van der Waals surface area contributed by atoms with Gasteiger partial charge < -0.3 is 9.63 Å². The monoisotopic (exact) mass is 409 g/mol. The number of hydrogen-bond donors (Lipinski definition) is 1. The van der Waals surface area contributed by atoms with Crippen LogP contribution in [0.3, 0.4) is 0 Å². The van der Waals surface area contributed by atoms with E-state index in [0.717, 1.165) is 10.7 Å². The Morgan fingerprint density at radius 2 is 1.75 bits per heavy atom. The van der Waals surface area contributed by atoms with Crippen LogP contribution in [0.5, 0.6) is 5.75 Å². The van der Waals surface area contributed by atoms with E-state index in [1.807, 2.05) is 0 Å². The first-order valence-corrected chi connectivity index (χ1v) is 10.2. The maximum atomic E-state index is 15.0. The summed E-state index contributed by atoms with van der Waals surface area (Å²) < 4.78 is 49.9. The van der Waals surface area contributed by atoms with Crippen LogP contribution in [-0.4, -0.2) is 27.5 Å². The molecule has 0 saturated carbocycles. The van der Waals surface area contributed by atoms with Crippen molar-refractivity contribution in [2.45, 2.75) is 31.6 Å². The highest BCUT2D eigenvalue weighted by molar-refractivity contribution is 7.58. The van der Waals surface area contributed by atoms with Crippen LogP contribution in [0.25, 0.3) is 0 Å². The Kier molecular flexibility index (Phi) is 7.11. The molecular weight excluding hydrogens is 387 g/mol. The Morgan fingerprint density at radius 3 is 2.25 bits per heavy atom. The molecule has 2 aromatic rings. The molecule has 2 aromatic carbocycles. The third kappa shape index (κ3) is 4.86. The fraction of sp³-hybridized carbons (Fsp3) is 0.250. The van der Waals surface area contributed by atoms with Crippen LogP contribution in [0.1, 0.15) is 18.9 Å². The molecule has 2 atom stereocenters. The number of carboxylic acid groups (broad SMARTS) is 1. The Hall–Kier alpha value is -2.50. The molecule has 0 fully saturated rings. The summed E-state index contributed by atoms with van der Waals surface area (Å²) >= 11 is 0. The van der Waals surface area contributed by atoms with Gasteiger partial charge in [0, 0.05) is 13.0 Å². The number of aliphatic carboxylic acids is 1. The SMILES string of the molecule is C=CCC(F)(F)P(=O)(Oc1ccccc1)N(Cc1ccccc1)[C@@H](C)C(=O)O. The Bertz CT molecular complexity index is 846. The summed E-state index contributed by atoms with van der Waals surface area (Å²) in [5, 5.41) is 9.47. The van der Waals surface area contributed by atoms with Crippen molar-refractivity contribution in [3.05, 3.63) is 78.9 Å². The van der Waals surface area contributed by atoms with E-state index in [4.69, 9.17) is 4.52 Å². The molecule has 0 aliphatic heterocycles. The molecular formula is C20H22F2NO4P. The third-order valence-corrected chi connectivity index (χ3v) is 6.74. The second-order valence-corrected chi connectivity index (χ2v) is 8.57. The van der Waals surface area contributed by atoms with Crippen LogP contribution < -0.4 is 4.52 Å². The van der Waals surface area contributed by atoms with Gasteiger partial charge in [0.05, 0.1) is 0 Å². The quantitative estimate of drug-likeness (QED) is 0.420. The first-order valence-electron chi connectivity index (χ1n) is 8.58. The van der Waals surface area contributed by atoms with Crippen molar-refractivity contribution >= 4 is 13.5 Å². The molecule has 150 valence electrons. The van der Waals surface area contributed by atoms with Gasteiger partial charge in [0.2, 0.25) is 0 Å². The molecule has 28 heavy (non-hydrogen) atoms. The number of alkyl halides is 2. The zero-order chi connectivity index (χ0) is 20.8. The minimum absolute atomic E-state index is 0.0368. The van der Waals surface area contributed by atoms with E-state index in [9.17, 15) is 14.5 Å². The molecule has 0 radical (unpaired) electrons. The van der Waals surface area contributed by atoms with Gasteiger partial charge in [0.25, 0.3) is 0 Å². The van der Waals surface area contributed by atoms with Crippen LogP contribution >= 0.6 is 7.52 Å². The van der Waals surface area contributed by atoms with Crippen LogP contribution in [0.2, 0.25) is 0 Å². The lowest BCUT2D eigenvalue weighted by atomic mass is 10.2. The van der Waals surface area contributed by atoms with Gasteiger partial charge in [-0.3, -0.25) is 9.36 Å². The second kappa shape index (κ2) is 9.13. The van der Waals surface area contributed by atoms with E-state index >= 15 is 8.78 Å². The molecule has 8 heteroatoms. The Morgan fingerprint density at radius 1 is 1.21 bits per heavy atom. The van der Waals surface area contributed by atoms with Crippen molar-refractivity contribution in [1.82, 2.24) is 4.67 Å². The summed E-state index contributed by atoms with van der Waals surface area (Å²) in [5.74, 6) is -1.42. The molecule has 0 spiro atoms. The van der Waals surface area contributed by atoms with Gasteiger partial charge in [0.1, 0.15) is 11.8 Å². The number of para-hydroxylation sites is 1. The number of allylic oxidation sites excluding steroid dienone is 1. The third-order valence-electron chi connectivity index (χ3n) is 4.11. The van der Waals surface area contributed by atoms with Crippen LogP contribution in [0, 0.1) is 0 Å². The smallest absolute Gasteiger partial charge is 0.389 e. The standard InChI is InChI=1S/C20H22F2NO4P/c1-3-14-20(21,22)28(26,27-18-12-8-5-9-13-18)23(16(2)19(24)25)15-17-10-6-4-7-11-17/h3-13,16H,1,14-15H2,2H3,(H,24,25)/t16-,28?/m0/s1. The zero-order valence-electron chi connectivity index (χ0n) is 15.4. The van der Waals surface area contributed by atoms with Gasteiger partial charge in [-0.25, -0.2) is 0 Å². The molecule has 1 N–H and O–H groups in total. The largest absolute Gasteiger partial charge is 0.480 e. The molecule has 0 bridgehead atoms. The summed E-state index contributed by atoms with van der Waals surface area (Å²) in [6, 6.07) is 14.4. The molecule has 1 unspecified atom stereocenters. The van der Waals surface area contributed by atoms with Gasteiger partial charge in [-0.05, 0) is 24.6 Å². The van der Waals surface area contributed by atoms with E-state index in [0.29, 0.717) is 5.56 Å². The average molecular weight is 409 g/mol. The minimum atomic E-state index is -5.00. The number of carboxylic acids is 1. The zero-order valence-corrected chi connectivity index (χ0v) is 16.3. The van der Waals surface area contributed by atoms with Gasteiger partial charge in [-0.1, -0.05) is 54.6 Å². The minimum Gasteiger partial charge on any atom is -0.480 e. The first kappa shape index (κ1) is 21.8. The number of hydrogen-bond acceptors (Lipinski definition) is 3. The number of rotatable bonds is 10. The van der Waals surface area contributed by atoms with Crippen LogP contribution in [0.15, 0.2) is 73.3 Å². The number of benzene rings is 2. The predicted octanol–water partition coefficient (Wildman–Crippen LogP) is 5.40. The highest BCUT2D eigenvalue weighted by atomic mass is 31.2. The first-order chi connectivity index (χ1) is 13.2. The van der Waals surface area contributed by atoms with Gasteiger partial charge in [0.15, 0.2) is 0 Å². The molecule has 2 rings (SSSR count). The van der Waals surface area contributed by atoms with Crippen molar-refractivity contribution in [3.8, 4) is 5.75 Å². The molecule has 0 saturated heterocycles. The normalized spacial score (nSPS) is 14.9. The number of halogens is 2. The van der Waals surface area contributed by atoms with Gasteiger partial charge in [-0.2, -0.15) is 13.5 Å². The number of nitrogens with zero attached hydrogens (tertiary/aromatic N) is 1. The van der Waals surface area contributed by atoms with Crippen molar-refractivity contribution in [2.75, 3.05) is 0 Å². The second-order valence-electron chi connectivity index (χ2n) is 6.18. The van der Waals surface area contributed by atoms with Crippen molar-refractivity contribution in [3.63, 3.8) is 0 Å². The maximum absolute atomic E-state index is 15.0. The summed E-state index contributed by atoms with van der Waals surface area (Å²) in [6.07, 6.45) is 0.0157. The highest BCUT2D eigenvalue weighted by Gasteiger charge is 2.58. The van der Waals surface area contributed by atoms with Crippen LogP contribution in [0.4, 0.5) is 8.78 Å². The van der Waals surface area contributed by atoms with Crippen molar-refractivity contribution in [1.29, 1.82) is 0 Å². The predicted molar refractivity (Wildman–Crippen MR) is 104 cm³/mol. The fourth-order valence-corrected chi connectivity index (χ4v) is 4.86. The molecule has 0 heterocycles. The van der Waals surface area contributed by atoms with E-state index in [1.165, 1.54) is 19.1 Å². The van der Waals surface area contributed by atoms with Crippen molar-refractivity contribution < 1.29 is 27.8 Å². The summed E-state index contributed by atoms with van der Waals surface area (Å²) in [6.45, 7) is 4.22. The Balaban J connectivity index is 2.57. The van der Waals surface area contributed by atoms with E-state index in [-0.39, 0.29) is 12.3 Å². The van der Waals surface area contributed by atoms with Gasteiger partial charge >= 0.3 is 19.2 Å². The lowest BCUT2D eigenvalue weighted by Crippen LogP contribution is -2.42. The highest BCUT2D eigenvalue weighted by Crippen LogP contribution is 2.65. The van der Waals surface area contributed by atoms with Crippen molar-refractivity contribution in [2.24, 2.45) is 0 Å². The lowest BCUT2D eigenvalue weighted by Gasteiger charge is -2.37. The molecule has 0 aliphatic rings. The van der Waals surface area contributed by atoms with Crippen LogP contribution in [-0.2, 0) is 15.9 Å². The van der Waals surface area contributed by atoms with E-state index in [1.54, 1.807) is 48.5 Å². The number of carbonyl (C=O) groups is 1. The van der Waals surface area contributed by atoms with Gasteiger partial charge in [-0.15, -0.1) is 6.58 Å². The molecule has 0 aromatic heterocycles. The summed E-state index contributed by atoms with van der Waals surface area (Å²) in [7, 11) is -5.00. The maximum Gasteiger partial charge on any atom is 0.389 e. The average Bonchev–Trinajstić information content (AvgIpc) is 2.66. The lowest BCUT2D eigenvalue weighted by molar-refractivity contribution is -0.141. The topological polar surface area (TPSA) is 66.8 Å². The van der Waals surface area contributed by atoms with E-state index in [2.05, 4.69) is 6.58 Å². The molecule has 5 nitrogen and oxygen atoms in total. The van der Waals surface area contributed by atoms with E-state index < -0.39 is 31.6 Å².